The highest BCUT2D eigenvalue weighted by molar-refractivity contribution is 7.81. The van der Waals surface area contributed by atoms with Gasteiger partial charge in [0.2, 0.25) is 0 Å². The van der Waals surface area contributed by atoms with Crippen molar-refractivity contribution in [1.82, 2.24) is 14.6 Å². The average molecular weight is 429 g/mol. The largest absolute Gasteiger partial charge is 0.322 e. The third-order valence-electron chi connectivity index (χ3n) is 4.08. The number of carbonyl (C=O) groups is 1. The van der Waals surface area contributed by atoms with Crippen LogP contribution in [0.4, 0.5) is 26.0 Å². The van der Waals surface area contributed by atoms with E-state index in [0.717, 1.165) is 16.4 Å². The number of aromatic nitrogens is 3. The summed E-state index contributed by atoms with van der Waals surface area (Å²) in [7, 11) is 0. The summed E-state index contributed by atoms with van der Waals surface area (Å²) in [6.45, 7) is 0. The minimum atomic E-state index is -2.69. The van der Waals surface area contributed by atoms with Gasteiger partial charge in [-0.05, 0) is 24.3 Å². The molecule has 4 rings (SSSR count). The number of amides is 1. The molecule has 0 aliphatic heterocycles. The second-order valence-electron chi connectivity index (χ2n) is 6.09. The maximum Gasteiger partial charge on any atom is 0.267 e. The van der Waals surface area contributed by atoms with Crippen LogP contribution in [0.15, 0.2) is 67.0 Å². The van der Waals surface area contributed by atoms with E-state index in [1.165, 1.54) is 23.0 Å². The fourth-order valence-corrected chi connectivity index (χ4v) is 3.36. The van der Waals surface area contributed by atoms with Crippen LogP contribution in [0.2, 0.25) is 0 Å². The monoisotopic (exact) mass is 429 g/mol. The first-order chi connectivity index (χ1) is 14.4. The maximum atomic E-state index is 13.6. The Morgan fingerprint density at radius 1 is 1.10 bits per heavy atom. The molecular formula is C19H13F2N5O3S. The predicted octanol–water partition coefficient (Wildman–Crippen LogP) is 3.53. The van der Waals surface area contributed by atoms with Crippen molar-refractivity contribution in [3.05, 3.63) is 84.2 Å². The van der Waals surface area contributed by atoms with Crippen LogP contribution >= 0.6 is 0 Å². The Bertz CT molecular complexity index is 1250. The highest BCUT2D eigenvalue weighted by Gasteiger charge is 2.21. The summed E-state index contributed by atoms with van der Waals surface area (Å²) >= 11 is -2.69. The number of carbonyl (C=O) groups excluding carboxylic acids is 1. The number of halogens is 2. The van der Waals surface area contributed by atoms with Gasteiger partial charge in [0.05, 0.1) is 11.9 Å². The Balaban J connectivity index is 1.75. The van der Waals surface area contributed by atoms with Crippen molar-refractivity contribution in [2.75, 3.05) is 9.62 Å². The minimum absolute atomic E-state index is 0.0910. The topological polar surface area (TPSA) is 99.8 Å². The van der Waals surface area contributed by atoms with Gasteiger partial charge in [0.15, 0.2) is 11.5 Å². The third kappa shape index (κ3) is 3.88. The van der Waals surface area contributed by atoms with Gasteiger partial charge in [-0.1, -0.05) is 18.2 Å². The molecule has 1 amide bonds. The molecule has 0 aliphatic rings. The number of nitrogens with one attached hydrogen (secondary N) is 1. The molecule has 2 heterocycles. The van der Waals surface area contributed by atoms with E-state index >= 15 is 0 Å². The van der Waals surface area contributed by atoms with Crippen molar-refractivity contribution >= 4 is 40.0 Å². The molecule has 11 heteroatoms. The molecule has 0 fully saturated rings. The molecule has 2 aromatic heterocycles. The number of hydrogen-bond acceptors (Lipinski definition) is 4. The van der Waals surface area contributed by atoms with E-state index in [9.17, 15) is 22.3 Å². The number of anilines is 3. The fourth-order valence-electron chi connectivity index (χ4n) is 2.81. The summed E-state index contributed by atoms with van der Waals surface area (Å²) in [4.78, 5) is 16.9. The molecule has 1 unspecified atom stereocenters. The van der Waals surface area contributed by atoms with Gasteiger partial charge < -0.3 is 5.32 Å². The zero-order valence-corrected chi connectivity index (χ0v) is 15.9. The summed E-state index contributed by atoms with van der Waals surface area (Å²) in [6, 6.07) is 12.5. The lowest BCUT2D eigenvalue weighted by molar-refractivity contribution is 0.102. The van der Waals surface area contributed by atoms with E-state index in [2.05, 4.69) is 15.4 Å². The number of fused-ring (bicyclic) bond motifs is 1. The summed E-state index contributed by atoms with van der Waals surface area (Å²) in [5, 5.41) is 6.74. The lowest BCUT2D eigenvalue weighted by atomic mass is 10.2. The first-order valence-electron chi connectivity index (χ1n) is 8.50. The first-order valence-corrected chi connectivity index (χ1v) is 9.57. The molecule has 0 saturated heterocycles. The molecular weight excluding hydrogens is 416 g/mol. The fraction of sp³-hybridized carbons (Fsp3) is 0. The van der Waals surface area contributed by atoms with Crippen molar-refractivity contribution in [1.29, 1.82) is 0 Å². The van der Waals surface area contributed by atoms with Crippen LogP contribution in [0.25, 0.3) is 5.65 Å². The Hall–Kier alpha value is -3.70. The Morgan fingerprint density at radius 3 is 2.47 bits per heavy atom. The molecule has 0 bridgehead atoms. The van der Waals surface area contributed by atoms with Crippen LogP contribution in [-0.4, -0.2) is 29.3 Å². The molecule has 152 valence electrons. The molecule has 0 spiro atoms. The molecule has 2 N–H and O–H groups in total. The Labute approximate surface area is 171 Å². The van der Waals surface area contributed by atoms with Crippen LogP contribution < -0.4 is 9.62 Å². The molecule has 8 nitrogen and oxygen atoms in total. The second kappa shape index (κ2) is 7.97. The van der Waals surface area contributed by atoms with Crippen molar-refractivity contribution in [2.45, 2.75) is 0 Å². The lowest BCUT2D eigenvalue weighted by Crippen LogP contribution is -2.21. The van der Waals surface area contributed by atoms with Crippen LogP contribution in [0.5, 0.6) is 0 Å². The zero-order chi connectivity index (χ0) is 21.3. The molecule has 30 heavy (non-hydrogen) atoms. The smallest absolute Gasteiger partial charge is 0.267 e. The van der Waals surface area contributed by atoms with Gasteiger partial charge in [-0.2, -0.15) is 5.10 Å². The van der Waals surface area contributed by atoms with Crippen molar-refractivity contribution in [2.24, 2.45) is 0 Å². The minimum Gasteiger partial charge on any atom is -0.322 e. The van der Waals surface area contributed by atoms with Gasteiger partial charge in [0.25, 0.3) is 17.2 Å². The molecule has 0 radical (unpaired) electrons. The number of rotatable bonds is 5. The number of benzene rings is 2. The van der Waals surface area contributed by atoms with Crippen molar-refractivity contribution < 1.29 is 22.3 Å². The van der Waals surface area contributed by atoms with E-state index in [0.29, 0.717) is 11.8 Å². The van der Waals surface area contributed by atoms with E-state index in [1.807, 2.05) is 0 Å². The van der Waals surface area contributed by atoms with Gasteiger partial charge in [0.1, 0.15) is 17.2 Å². The van der Waals surface area contributed by atoms with Crippen LogP contribution in [0, 0.1) is 11.6 Å². The summed E-state index contributed by atoms with van der Waals surface area (Å²) in [5.74, 6) is -2.44. The number of hydrogen-bond donors (Lipinski definition) is 2. The zero-order valence-electron chi connectivity index (χ0n) is 15.1. The number of nitrogens with zero attached hydrogens (tertiary/aromatic N) is 4. The van der Waals surface area contributed by atoms with E-state index in [4.69, 9.17) is 0 Å². The normalized spacial score (nSPS) is 12.0. The van der Waals surface area contributed by atoms with Crippen LogP contribution in [-0.2, 0) is 11.3 Å². The van der Waals surface area contributed by atoms with Gasteiger partial charge in [-0.3, -0.25) is 9.35 Å². The third-order valence-corrected chi connectivity index (χ3v) is 4.79. The maximum absolute atomic E-state index is 13.6. The van der Waals surface area contributed by atoms with Crippen molar-refractivity contribution in [3.63, 3.8) is 0 Å². The standard InChI is InChI=1S/C19H13F2N5O3S/c20-12-8-13(21)10-15(9-12)26(30(28)29)17-6-7-25-18(24-17)16(11-22-25)19(27)23-14-4-2-1-3-5-14/h1-11H,(H,23,27)(H,28,29). The van der Waals surface area contributed by atoms with Gasteiger partial charge >= 0.3 is 0 Å². The quantitative estimate of drug-likeness (QED) is 0.473. The molecule has 4 aromatic rings. The highest BCUT2D eigenvalue weighted by Crippen LogP contribution is 2.27. The summed E-state index contributed by atoms with van der Waals surface area (Å²) in [5.41, 5.74) is 0.536. The van der Waals surface area contributed by atoms with Crippen LogP contribution in [0.1, 0.15) is 10.4 Å². The summed E-state index contributed by atoms with van der Waals surface area (Å²) < 4.78 is 50.9. The average Bonchev–Trinajstić information content (AvgIpc) is 3.11. The highest BCUT2D eigenvalue weighted by atomic mass is 32.2. The second-order valence-corrected chi connectivity index (χ2v) is 6.91. The summed E-state index contributed by atoms with van der Waals surface area (Å²) in [6.07, 6.45) is 2.71. The van der Waals surface area contributed by atoms with Gasteiger partial charge in [-0.25, -0.2) is 26.8 Å². The molecule has 2 aromatic carbocycles. The molecule has 1 atom stereocenters. The number of para-hydroxylation sites is 1. The van der Waals surface area contributed by atoms with E-state index < -0.39 is 28.8 Å². The predicted molar refractivity (Wildman–Crippen MR) is 107 cm³/mol. The molecule has 0 saturated carbocycles. The van der Waals surface area contributed by atoms with Crippen molar-refractivity contribution in [3.8, 4) is 0 Å². The Kier molecular flexibility index (Phi) is 5.21. The van der Waals surface area contributed by atoms with Gasteiger partial charge in [0, 0.05) is 24.0 Å². The van der Waals surface area contributed by atoms with Gasteiger partial charge in [-0.15, -0.1) is 0 Å². The lowest BCUT2D eigenvalue weighted by Gasteiger charge is -2.19. The van der Waals surface area contributed by atoms with E-state index in [-0.39, 0.29) is 22.7 Å². The molecule has 0 aliphatic carbocycles. The van der Waals surface area contributed by atoms with Crippen LogP contribution in [0.3, 0.4) is 0 Å². The Morgan fingerprint density at radius 2 is 1.80 bits per heavy atom. The first kappa shape index (κ1) is 19.6. The van der Waals surface area contributed by atoms with E-state index in [1.54, 1.807) is 30.3 Å². The SMILES string of the molecule is O=C(Nc1ccccc1)c1cnn2ccc(N(c3cc(F)cc(F)c3)S(=O)O)nc12.